The van der Waals surface area contributed by atoms with E-state index in [1.165, 1.54) is 12.1 Å². The number of carbonyl (C=O) groups is 1. The molecule has 0 unspecified atom stereocenters. The number of rotatable bonds is 1. The summed E-state index contributed by atoms with van der Waals surface area (Å²) in [5, 5.41) is 0. The second kappa shape index (κ2) is 3.52. The lowest BCUT2D eigenvalue weighted by Crippen LogP contribution is -1.89. The van der Waals surface area contributed by atoms with Crippen LogP contribution in [0.15, 0.2) is 24.3 Å². The molecule has 0 saturated carbocycles. The van der Waals surface area contributed by atoms with Crippen LogP contribution in [-0.4, -0.2) is 10.8 Å². The first-order valence-electron chi connectivity index (χ1n) is 5.35. The first kappa shape index (κ1) is 10.2. The van der Waals surface area contributed by atoms with Gasteiger partial charge in [-0.2, -0.15) is 0 Å². The zero-order chi connectivity index (χ0) is 12.0. The minimum Gasteiger partial charge on any atom is -0.358 e. The Hall–Kier alpha value is -1.97. The largest absolute Gasteiger partial charge is 0.358 e. The van der Waals surface area contributed by atoms with Crippen molar-refractivity contribution in [1.29, 1.82) is 0 Å². The molecule has 1 aliphatic carbocycles. The van der Waals surface area contributed by atoms with Gasteiger partial charge in [0.1, 0.15) is 11.6 Å². The van der Waals surface area contributed by atoms with Crippen LogP contribution in [0.1, 0.15) is 22.5 Å². The van der Waals surface area contributed by atoms with Crippen LogP contribution >= 0.6 is 0 Å². The van der Waals surface area contributed by atoms with Crippen molar-refractivity contribution < 1.29 is 13.6 Å². The molecule has 4 heteroatoms. The van der Waals surface area contributed by atoms with E-state index in [-0.39, 0.29) is 11.3 Å². The molecular formula is C13H9F2NO. The van der Waals surface area contributed by atoms with E-state index < -0.39 is 11.6 Å². The number of aromatic amines is 1. The Kier molecular flexibility index (Phi) is 2.11. The van der Waals surface area contributed by atoms with Crippen molar-refractivity contribution in [1.82, 2.24) is 4.98 Å². The van der Waals surface area contributed by atoms with Gasteiger partial charge in [-0.15, -0.1) is 0 Å². The zero-order valence-electron chi connectivity index (χ0n) is 8.89. The second-order valence-electron chi connectivity index (χ2n) is 4.12. The van der Waals surface area contributed by atoms with Gasteiger partial charge >= 0.3 is 0 Å². The maximum Gasteiger partial charge on any atom is 0.165 e. The number of halogens is 2. The molecule has 0 spiro atoms. The fourth-order valence-corrected chi connectivity index (χ4v) is 2.17. The van der Waals surface area contributed by atoms with Crippen LogP contribution in [0, 0.1) is 11.6 Å². The summed E-state index contributed by atoms with van der Waals surface area (Å²) in [5.74, 6) is -1.16. The number of nitrogens with one attached hydrogen (secondary N) is 1. The van der Waals surface area contributed by atoms with E-state index in [2.05, 4.69) is 4.98 Å². The molecule has 0 fully saturated rings. The topological polar surface area (TPSA) is 32.9 Å². The molecule has 1 aromatic heterocycles. The quantitative estimate of drug-likeness (QED) is 0.806. The second-order valence-corrected chi connectivity index (χ2v) is 4.12. The molecule has 17 heavy (non-hydrogen) atoms. The molecule has 1 N–H and O–H groups in total. The van der Waals surface area contributed by atoms with Crippen LogP contribution < -0.4 is 0 Å². The highest BCUT2D eigenvalue weighted by atomic mass is 19.1. The number of aryl methyl sites for hydroxylation is 1. The summed E-state index contributed by atoms with van der Waals surface area (Å²) in [5.41, 5.74) is 2.28. The molecule has 3 rings (SSSR count). The molecular weight excluding hydrogens is 224 g/mol. The van der Waals surface area contributed by atoms with Crippen molar-refractivity contribution in [3.63, 3.8) is 0 Å². The van der Waals surface area contributed by atoms with E-state index in [1.54, 1.807) is 6.07 Å². The van der Waals surface area contributed by atoms with Gasteiger partial charge in [-0.1, -0.05) is 0 Å². The van der Waals surface area contributed by atoms with Gasteiger partial charge in [0.25, 0.3) is 0 Å². The van der Waals surface area contributed by atoms with Crippen molar-refractivity contribution in [3.8, 4) is 11.3 Å². The Bertz CT molecular complexity index is 616. The van der Waals surface area contributed by atoms with Crippen molar-refractivity contribution in [2.45, 2.75) is 12.8 Å². The Labute approximate surface area is 96.3 Å². The molecule has 1 aliphatic rings. The number of benzene rings is 1. The van der Waals surface area contributed by atoms with E-state index in [4.69, 9.17) is 0 Å². The molecule has 1 aromatic carbocycles. The number of hydrogen-bond donors (Lipinski definition) is 1. The van der Waals surface area contributed by atoms with Gasteiger partial charge in [-0.05, 0) is 24.6 Å². The van der Waals surface area contributed by atoms with Gasteiger partial charge in [-0.25, -0.2) is 8.78 Å². The summed E-state index contributed by atoms with van der Waals surface area (Å²) < 4.78 is 26.3. The molecule has 0 atom stereocenters. The lowest BCUT2D eigenvalue weighted by atomic mass is 10.1. The predicted octanol–water partition coefficient (Wildman–Crippen LogP) is 3.09. The lowest BCUT2D eigenvalue weighted by molar-refractivity contribution is 0.0994. The molecule has 0 radical (unpaired) electrons. The summed E-state index contributed by atoms with van der Waals surface area (Å²) in [6.45, 7) is 0. The number of carbonyl (C=O) groups excluding carboxylic acids is 1. The van der Waals surface area contributed by atoms with E-state index in [9.17, 15) is 13.6 Å². The number of ketones is 1. The highest BCUT2D eigenvalue weighted by Crippen LogP contribution is 2.29. The minimum atomic E-state index is -0.627. The van der Waals surface area contributed by atoms with Gasteiger partial charge in [0, 0.05) is 35.0 Å². The third kappa shape index (κ3) is 1.56. The fraction of sp³-hybridized carbons (Fsp3) is 0.154. The third-order valence-electron chi connectivity index (χ3n) is 3.02. The van der Waals surface area contributed by atoms with Gasteiger partial charge < -0.3 is 4.98 Å². The molecule has 0 aliphatic heterocycles. The van der Waals surface area contributed by atoms with Gasteiger partial charge in [0.15, 0.2) is 5.78 Å². The van der Waals surface area contributed by atoms with Crippen molar-refractivity contribution >= 4 is 5.78 Å². The number of Topliss-reactive ketones (excluding diaryl/α,β-unsaturated/α-hetero) is 1. The van der Waals surface area contributed by atoms with Crippen molar-refractivity contribution in [2.75, 3.05) is 0 Å². The van der Waals surface area contributed by atoms with Crippen LogP contribution in [-0.2, 0) is 6.42 Å². The number of aromatic nitrogens is 1. The molecule has 0 bridgehead atoms. The Morgan fingerprint density at radius 2 is 1.88 bits per heavy atom. The summed E-state index contributed by atoms with van der Waals surface area (Å²) in [4.78, 5) is 14.5. The normalized spacial score (nSPS) is 14.1. The maximum atomic E-state index is 13.6. The van der Waals surface area contributed by atoms with E-state index in [0.29, 0.717) is 24.1 Å². The Morgan fingerprint density at radius 1 is 1.06 bits per heavy atom. The minimum absolute atomic E-state index is 0.0741. The summed E-state index contributed by atoms with van der Waals surface area (Å²) in [6, 6.07) is 5.05. The average molecular weight is 233 g/mol. The van der Waals surface area contributed by atoms with Gasteiger partial charge in [-0.3, -0.25) is 4.79 Å². The van der Waals surface area contributed by atoms with E-state index in [1.807, 2.05) is 0 Å². The molecule has 1 heterocycles. The first-order valence-corrected chi connectivity index (χ1v) is 5.35. The monoisotopic (exact) mass is 233 g/mol. The molecule has 2 aromatic rings. The van der Waals surface area contributed by atoms with E-state index in [0.717, 1.165) is 11.8 Å². The number of hydrogen-bond acceptors (Lipinski definition) is 1. The smallest absolute Gasteiger partial charge is 0.165 e. The predicted molar refractivity (Wildman–Crippen MR) is 58.8 cm³/mol. The van der Waals surface area contributed by atoms with Crippen molar-refractivity contribution in [2.24, 2.45) is 0 Å². The average Bonchev–Trinajstić information content (AvgIpc) is 2.81. The SMILES string of the molecule is O=C1CCc2[nH]c(-c3ccc(F)cc3F)cc21. The summed E-state index contributed by atoms with van der Waals surface area (Å²) >= 11 is 0. The molecule has 2 nitrogen and oxygen atoms in total. The van der Waals surface area contributed by atoms with E-state index >= 15 is 0 Å². The molecule has 0 saturated heterocycles. The Morgan fingerprint density at radius 3 is 2.59 bits per heavy atom. The van der Waals surface area contributed by atoms with Crippen LogP contribution in [0.5, 0.6) is 0 Å². The van der Waals surface area contributed by atoms with Crippen LogP contribution in [0.3, 0.4) is 0 Å². The summed E-state index contributed by atoms with van der Waals surface area (Å²) in [6.07, 6.45) is 1.17. The zero-order valence-corrected chi connectivity index (χ0v) is 8.89. The van der Waals surface area contributed by atoms with Crippen LogP contribution in [0.2, 0.25) is 0 Å². The van der Waals surface area contributed by atoms with Crippen LogP contribution in [0.4, 0.5) is 8.78 Å². The number of H-pyrrole nitrogens is 1. The Balaban J connectivity index is 2.10. The van der Waals surface area contributed by atoms with Gasteiger partial charge in [0.2, 0.25) is 0 Å². The number of fused-ring (bicyclic) bond motifs is 1. The molecule has 86 valence electrons. The summed E-state index contributed by atoms with van der Waals surface area (Å²) in [7, 11) is 0. The fourth-order valence-electron chi connectivity index (χ4n) is 2.17. The van der Waals surface area contributed by atoms with Gasteiger partial charge in [0.05, 0.1) is 0 Å². The molecule has 0 amide bonds. The third-order valence-corrected chi connectivity index (χ3v) is 3.02. The highest BCUT2D eigenvalue weighted by molar-refractivity contribution is 6.01. The first-order chi connectivity index (χ1) is 8.15. The van der Waals surface area contributed by atoms with Crippen LogP contribution in [0.25, 0.3) is 11.3 Å². The lowest BCUT2D eigenvalue weighted by Gasteiger charge is -2.00. The standard InChI is InChI=1S/C13H9F2NO/c14-7-1-2-8(10(15)5-7)12-6-9-11(16-12)3-4-13(9)17/h1-2,5-6,16H,3-4H2. The van der Waals surface area contributed by atoms with Crippen molar-refractivity contribution in [3.05, 3.63) is 47.2 Å². The maximum absolute atomic E-state index is 13.6. The highest BCUT2D eigenvalue weighted by Gasteiger charge is 2.23.